The van der Waals surface area contributed by atoms with Crippen LogP contribution in [0.2, 0.25) is 5.02 Å². The van der Waals surface area contributed by atoms with Gasteiger partial charge in [-0.3, -0.25) is 4.79 Å². The minimum atomic E-state index is -0.304. The van der Waals surface area contributed by atoms with E-state index < -0.39 is 0 Å². The van der Waals surface area contributed by atoms with Crippen molar-refractivity contribution in [2.24, 2.45) is 5.92 Å². The highest BCUT2D eigenvalue weighted by molar-refractivity contribution is 6.32. The highest BCUT2D eigenvalue weighted by Gasteiger charge is 2.17. The lowest BCUT2D eigenvalue weighted by Gasteiger charge is -2.23. The van der Waals surface area contributed by atoms with Gasteiger partial charge >= 0.3 is 0 Å². The van der Waals surface area contributed by atoms with Gasteiger partial charge in [0.1, 0.15) is 5.02 Å². The van der Waals surface area contributed by atoms with Crippen molar-refractivity contribution >= 4 is 17.3 Å². The van der Waals surface area contributed by atoms with Crippen molar-refractivity contribution in [1.82, 2.24) is 15.1 Å². The van der Waals surface area contributed by atoms with Gasteiger partial charge < -0.3 is 15.4 Å². The summed E-state index contributed by atoms with van der Waals surface area (Å²) in [5.74, 6) is 1.02. The Morgan fingerprint density at radius 1 is 1.21 bits per heavy atom. The Balaban J connectivity index is 1.47. The van der Waals surface area contributed by atoms with Gasteiger partial charge in [0.15, 0.2) is 0 Å². The van der Waals surface area contributed by atoms with Crippen molar-refractivity contribution in [2.45, 2.75) is 31.6 Å². The lowest BCUT2D eigenvalue weighted by atomic mass is 9.90. The van der Waals surface area contributed by atoms with Crippen LogP contribution in [0.15, 0.2) is 35.3 Å². The standard InChI is InChI=1S/C21H27ClN4O2/c22-20-19(24-12-15-2-1-11-28-14-15)13-25-26(21(20)27)18-5-3-16(4-6-18)17-7-9-23-10-8-17/h3-6,13,15,17,23-24H,1-2,7-12,14H2/t15-/m0/s1. The number of rotatable bonds is 5. The molecular formula is C21H27ClN4O2. The second-order valence-corrected chi connectivity index (χ2v) is 8.05. The Labute approximate surface area is 170 Å². The summed E-state index contributed by atoms with van der Waals surface area (Å²) in [5.41, 5.74) is 2.33. The number of anilines is 1. The number of nitrogens with zero attached hydrogens (tertiary/aromatic N) is 2. The molecule has 3 heterocycles. The van der Waals surface area contributed by atoms with E-state index in [2.05, 4.69) is 27.9 Å². The summed E-state index contributed by atoms with van der Waals surface area (Å²) in [4.78, 5) is 12.7. The number of hydrogen-bond donors (Lipinski definition) is 2. The van der Waals surface area contributed by atoms with Crippen molar-refractivity contribution in [3.8, 4) is 5.69 Å². The minimum Gasteiger partial charge on any atom is -0.382 e. The van der Waals surface area contributed by atoms with E-state index in [1.54, 1.807) is 6.20 Å². The van der Waals surface area contributed by atoms with Crippen molar-refractivity contribution in [1.29, 1.82) is 0 Å². The summed E-state index contributed by atoms with van der Waals surface area (Å²) < 4.78 is 6.86. The van der Waals surface area contributed by atoms with E-state index >= 15 is 0 Å². The zero-order valence-corrected chi connectivity index (χ0v) is 16.8. The van der Waals surface area contributed by atoms with Crippen molar-refractivity contribution < 1.29 is 4.74 Å². The fraction of sp³-hybridized carbons (Fsp3) is 0.524. The maximum Gasteiger partial charge on any atom is 0.292 e. The molecule has 150 valence electrons. The Morgan fingerprint density at radius 3 is 2.71 bits per heavy atom. The zero-order chi connectivity index (χ0) is 19.3. The van der Waals surface area contributed by atoms with Crippen LogP contribution in [0, 0.1) is 5.92 Å². The molecule has 2 saturated heterocycles. The van der Waals surface area contributed by atoms with E-state index in [1.807, 2.05) is 12.1 Å². The third kappa shape index (κ3) is 4.40. The maximum absolute atomic E-state index is 12.7. The molecule has 6 nitrogen and oxygen atoms in total. The van der Waals surface area contributed by atoms with Gasteiger partial charge in [0.05, 0.1) is 24.2 Å². The quantitative estimate of drug-likeness (QED) is 0.803. The number of benzene rings is 1. The van der Waals surface area contributed by atoms with Crippen LogP contribution in [0.25, 0.3) is 5.69 Å². The van der Waals surface area contributed by atoms with Gasteiger partial charge in [0.25, 0.3) is 5.56 Å². The number of ether oxygens (including phenoxy) is 1. The van der Waals surface area contributed by atoms with E-state index in [4.69, 9.17) is 16.3 Å². The molecule has 0 radical (unpaired) electrons. The summed E-state index contributed by atoms with van der Waals surface area (Å²) in [6, 6.07) is 8.11. The first-order chi connectivity index (χ1) is 13.7. The molecule has 0 unspecified atom stereocenters. The molecule has 0 amide bonds. The van der Waals surface area contributed by atoms with Crippen LogP contribution in [-0.2, 0) is 4.74 Å². The van der Waals surface area contributed by atoms with Gasteiger partial charge in [-0.05, 0) is 68.3 Å². The monoisotopic (exact) mass is 402 g/mol. The molecule has 28 heavy (non-hydrogen) atoms. The molecule has 1 atom stereocenters. The van der Waals surface area contributed by atoms with Crippen molar-refractivity contribution in [2.75, 3.05) is 38.2 Å². The Morgan fingerprint density at radius 2 is 2.00 bits per heavy atom. The summed E-state index contributed by atoms with van der Waals surface area (Å²) in [6.45, 7) is 4.44. The molecule has 1 aromatic carbocycles. The Hall–Kier alpha value is -1.89. The fourth-order valence-electron chi connectivity index (χ4n) is 4.01. The average Bonchev–Trinajstić information content (AvgIpc) is 2.76. The van der Waals surface area contributed by atoms with Gasteiger partial charge in [0, 0.05) is 13.2 Å². The molecule has 0 spiro atoms. The fourth-order valence-corrected chi connectivity index (χ4v) is 4.20. The number of halogens is 1. The largest absolute Gasteiger partial charge is 0.382 e. The van der Waals surface area contributed by atoms with Gasteiger partial charge in [-0.1, -0.05) is 23.7 Å². The van der Waals surface area contributed by atoms with Gasteiger partial charge in [-0.15, -0.1) is 0 Å². The number of piperidine rings is 1. The minimum absolute atomic E-state index is 0.175. The first-order valence-electron chi connectivity index (χ1n) is 10.1. The third-order valence-electron chi connectivity index (χ3n) is 5.70. The normalized spacial score (nSPS) is 20.8. The summed E-state index contributed by atoms with van der Waals surface area (Å²) in [5, 5.41) is 11.2. The van der Waals surface area contributed by atoms with Crippen molar-refractivity contribution in [3.05, 3.63) is 51.4 Å². The number of hydrogen-bond acceptors (Lipinski definition) is 5. The predicted octanol–water partition coefficient (Wildman–Crippen LogP) is 3.19. The molecule has 2 fully saturated rings. The first kappa shape index (κ1) is 19.4. The maximum atomic E-state index is 12.7. The molecule has 0 bridgehead atoms. The van der Waals surface area contributed by atoms with E-state index in [1.165, 1.54) is 10.2 Å². The predicted molar refractivity (Wildman–Crippen MR) is 112 cm³/mol. The van der Waals surface area contributed by atoms with Crippen LogP contribution in [0.1, 0.15) is 37.2 Å². The van der Waals surface area contributed by atoms with Gasteiger partial charge in [0.2, 0.25) is 0 Å². The van der Waals surface area contributed by atoms with E-state index in [0.29, 0.717) is 17.5 Å². The summed E-state index contributed by atoms with van der Waals surface area (Å²) in [6.07, 6.45) is 6.13. The summed E-state index contributed by atoms with van der Waals surface area (Å²) in [7, 11) is 0. The molecule has 2 aromatic rings. The topological polar surface area (TPSA) is 68.2 Å². The molecule has 0 saturated carbocycles. The second kappa shape index (κ2) is 9.07. The number of aromatic nitrogens is 2. The molecule has 2 aliphatic heterocycles. The van der Waals surface area contributed by atoms with Crippen molar-refractivity contribution in [3.63, 3.8) is 0 Å². The van der Waals surface area contributed by atoms with E-state index in [9.17, 15) is 4.79 Å². The van der Waals surface area contributed by atoms with Gasteiger partial charge in [-0.2, -0.15) is 9.78 Å². The molecule has 2 N–H and O–H groups in total. The lowest BCUT2D eigenvalue weighted by Crippen LogP contribution is -2.27. The van der Waals surface area contributed by atoms with Crippen LogP contribution >= 0.6 is 11.6 Å². The molecule has 7 heteroatoms. The highest BCUT2D eigenvalue weighted by Crippen LogP contribution is 2.26. The molecule has 1 aromatic heterocycles. The average molecular weight is 403 g/mol. The highest BCUT2D eigenvalue weighted by atomic mass is 35.5. The smallest absolute Gasteiger partial charge is 0.292 e. The van der Waals surface area contributed by atoms with E-state index in [0.717, 1.165) is 64.2 Å². The molecule has 2 aliphatic rings. The molecular weight excluding hydrogens is 376 g/mol. The third-order valence-corrected chi connectivity index (χ3v) is 6.07. The van der Waals surface area contributed by atoms with Crippen LogP contribution in [0.4, 0.5) is 5.69 Å². The van der Waals surface area contributed by atoms with E-state index in [-0.39, 0.29) is 10.6 Å². The first-order valence-corrected chi connectivity index (χ1v) is 10.5. The van der Waals surface area contributed by atoms with Crippen LogP contribution in [-0.4, -0.2) is 42.6 Å². The number of nitrogens with one attached hydrogen (secondary N) is 2. The Kier molecular flexibility index (Phi) is 6.29. The van der Waals surface area contributed by atoms with Crippen LogP contribution in [0.5, 0.6) is 0 Å². The molecule has 4 rings (SSSR count). The SMILES string of the molecule is O=c1c(Cl)c(NC[C@@H]2CCCOC2)cnn1-c1ccc(C2CCNCC2)cc1. The second-order valence-electron chi connectivity index (χ2n) is 7.67. The lowest BCUT2D eigenvalue weighted by molar-refractivity contribution is 0.0595. The zero-order valence-electron chi connectivity index (χ0n) is 16.0. The van der Waals surface area contributed by atoms with Crippen LogP contribution < -0.4 is 16.2 Å². The molecule has 0 aliphatic carbocycles. The van der Waals surface area contributed by atoms with Gasteiger partial charge in [-0.25, -0.2) is 0 Å². The summed E-state index contributed by atoms with van der Waals surface area (Å²) >= 11 is 6.34. The van der Waals surface area contributed by atoms with Crippen LogP contribution in [0.3, 0.4) is 0 Å². The Bertz CT molecular complexity index is 840.